The fourth-order valence-corrected chi connectivity index (χ4v) is 2.54. The summed E-state index contributed by atoms with van der Waals surface area (Å²) < 4.78 is 24.6. The van der Waals surface area contributed by atoms with E-state index in [1.165, 1.54) is 24.3 Å². The van der Waals surface area contributed by atoms with E-state index in [-0.39, 0.29) is 10.5 Å². The first-order chi connectivity index (χ1) is 7.89. The Labute approximate surface area is 98.5 Å². The lowest BCUT2D eigenvalue weighted by Gasteiger charge is -2.15. The Morgan fingerprint density at radius 3 is 2.53 bits per heavy atom. The van der Waals surface area contributed by atoms with E-state index in [2.05, 4.69) is 0 Å². The maximum Gasteiger partial charge on any atom is 0.318 e. The number of hydrogen-bond donors (Lipinski definition) is 1. The van der Waals surface area contributed by atoms with Crippen LogP contribution in [0, 0.1) is 0 Å². The van der Waals surface area contributed by atoms with Gasteiger partial charge in [0.05, 0.1) is 4.90 Å². The Morgan fingerprint density at radius 2 is 2.00 bits per heavy atom. The van der Waals surface area contributed by atoms with Gasteiger partial charge in [-0.15, -0.1) is 0 Å². The van der Waals surface area contributed by atoms with E-state index in [1.54, 1.807) is 0 Å². The molecule has 0 bridgehead atoms. The molecule has 1 rings (SSSR count). The van der Waals surface area contributed by atoms with E-state index in [1.807, 2.05) is 0 Å². The average molecular weight is 257 g/mol. The van der Waals surface area contributed by atoms with Gasteiger partial charge >= 0.3 is 5.97 Å². The highest BCUT2D eigenvalue weighted by atomic mass is 32.2. The lowest BCUT2D eigenvalue weighted by molar-refractivity contribution is -0.137. The van der Waals surface area contributed by atoms with Crippen LogP contribution in [0.2, 0.25) is 0 Å². The van der Waals surface area contributed by atoms with Gasteiger partial charge in [0.15, 0.2) is 6.29 Å². The molecular formula is C10H11NO5S. The molecule has 0 saturated heterocycles. The number of aldehydes is 1. The molecular weight excluding hydrogens is 246 g/mol. The minimum atomic E-state index is -3.96. The third-order valence-electron chi connectivity index (χ3n) is 2.09. The van der Waals surface area contributed by atoms with Crippen molar-refractivity contribution in [2.75, 3.05) is 13.6 Å². The van der Waals surface area contributed by atoms with E-state index in [9.17, 15) is 18.0 Å². The number of benzene rings is 1. The maximum atomic E-state index is 12.0. The summed E-state index contributed by atoms with van der Waals surface area (Å²) in [5.41, 5.74) is 0.00439. The minimum Gasteiger partial charge on any atom is -0.480 e. The van der Waals surface area contributed by atoms with Gasteiger partial charge in [0.25, 0.3) is 0 Å². The molecule has 1 N–H and O–H groups in total. The van der Waals surface area contributed by atoms with Crippen molar-refractivity contribution in [3.63, 3.8) is 0 Å². The van der Waals surface area contributed by atoms with Crippen LogP contribution in [0.1, 0.15) is 10.4 Å². The Kier molecular flexibility index (Phi) is 3.97. The third kappa shape index (κ3) is 2.89. The second-order valence-electron chi connectivity index (χ2n) is 3.31. The van der Waals surface area contributed by atoms with Gasteiger partial charge in [0.1, 0.15) is 6.54 Å². The predicted octanol–water partition coefficient (Wildman–Crippen LogP) is 0.204. The standard InChI is InChI=1S/C10H11NO5S/c1-11(6-10(13)14)17(15,16)9-5-3-2-4-8(9)7-12/h2-5,7H,6H2,1H3,(H,13,14). The zero-order valence-corrected chi connectivity index (χ0v) is 9.85. The van der Waals surface area contributed by atoms with Gasteiger partial charge in [-0.1, -0.05) is 18.2 Å². The number of carboxylic acids is 1. The summed E-state index contributed by atoms with van der Waals surface area (Å²) in [6.07, 6.45) is 0.418. The van der Waals surface area contributed by atoms with Crippen LogP contribution in [0.4, 0.5) is 0 Å². The topological polar surface area (TPSA) is 91.8 Å². The molecule has 92 valence electrons. The van der Waals surface area contributed by atoms with Crippen molar-refractivity contribution < 1.29 is 23.1 Å². The van der Waals surface area contributed by atoms with Crippen molar-refractivity contribution in [1.82, 2.24) is 4.31 Å². The molecule has 1 aromatic rings. The molecule has 0 aliphatic carbocycles. The van der Waals surface area contributed by atoms with Crippen LogP contribution >= 0.6 is 0 Å². The van der Waals surface area contributed by atoms with E-state index in [0.717, 1.165) is 7.05 Å². The molecule has 17 heavy (non-hydrogen) atoms. The summed E-state index contributed by atoms with van der Waals surface area (Å²) in [5.74, 6) is -1.26. The van der Waals surface area contributed by atoms with Crippen molar-refractivity contribution in [3.05, 3.63) is 29.8 Å². The minimum absolute atomic E-state index is 0.00439. The van der Waals surface area contributed by atoms with E-state index >= 15 is 0 Å². The SMILES string of the molecule is CN(CC(=O)O)S(=O)(=O)c1ccccc1C=O. The van der Waals surface area contributed by atoms with Crippen molar-refractivity contribution in [1.29, 1.82) is 0 Å². The molecule has 0 saturated carbocycles. The van der Waals surface area contributed by atoms with Crippen LogP contribution in [-0.2, 0) is 14.8 Å². The first kappa shape index (κ1) is 13.3. The van der Waals surface area contributed by atoms with Gasteiger partial charge in [-0.2, -0.15) is 4.31 Å². The average Bonchev–Trinajstić information content (AvgIpc) is 2.28. The van der Waals surface area contributed by atoms with Gasteiger partial charge in [-0.05, 0) is 6.07 Å². The van der Waals surface area contributed by atoms with Gasteiger partial charge in [0.2, 0.25) is 10.0 Å². The van der Waals surface area contributed by atoms with Crippen LogP contribution in [0.3, 0.4) is 0 Å². The van der Waals surface area contributed by atoms with Crippen LogP contribution in [0.5, 0.6) is 0 Å². The molecule has 0 atom stereocenters. The number of sulfonamides is 1. The summed E-state index contributed by atoms with van der Waals surface area (Å²) in [4.78, 5) is 21.0. The number of hydrogen-bond acceptors (Lipinski definition) is 4. The quantitative estimate of drug-likeness (QED) is 0.761. The summed E-state index contributed by atoms with van der Waals surface area (Å²) >= 11 is 0. The number of nitrogens with zero attached hydrogens (tertiary/aromatic N) is 1. The summed E-state index contributed by atoms with van der Waals surface area (Å²) in [6.45, 7) is -0.657. The van der Waals surface area contributed by atoms with Crippen LogP contribution in [0.25, 0.3) is 0 Å². The molecule has 0 spiro atoms. The molecule has 6 nitrogen and oxygen atoms in total. The number of carbonyl (C=O) groups excluding carboxylic acids is 1. The Hall–Kier alpha value is -1.73. The van der Waals surface area contributed by atoms with Crippen LogP contribution in [0.15, 0.2) is 29.2 Å². The first-order valence-electron chi connectivity index (χ1n) is 4.62. The number of carbonyl (C=O) groups is 2. The normalized spacial score (nSPS) is 11.4. The molecule has 1 aromatic carbocycles. The van der Waals surface area contributed by atoms with Gasteiger partial charge in [0, 0.05) is 12.6 Å². The fraction of sp³-hybridized carbons (Fsp3) is 0.200. The smallest absolute Gasteiger partial charge is 0.318 e. The van der Waals surface area contributed by atoms with Gasteiger partial charge < -0.3 is 5.11 Å². The summed E-state index contributed by atoms with van der Waals surface area (Å²) in [5, 5.41) is 8.54. The van der Waals surface area contributed by atoms with Crippen molar-refractivity contribution in [3.8, 4) is 0 Å². The number of aliphatic carboxylic acids is 1. The molecule has 0 heterocycles. The largest absolute Gasteiger partial charge is 0.480 e. The van der Waals surface area contributed by atoms with Crippen molar-refractivity contribution >= 4 is 22.3 Å². The van der Waals surface area contributed by atoms with E-state index < -0.39 is 22.5 Å². The highest BCUT2D eigenvalue weighted by molar-refractivity contribution is 7.89. The van der Waals surface area contributed by atoms with E-state index in [4.69, 9.17) is 5.11 Å². The fourth-order valence-electron chi connectivity index (χ4n) is 1.26. The first-order valence-corrected chi connectivity index (χ1v) is 6.06. The monoisotopic (exact) mass is 257 g/mol. The third-order valence-corrected chi connectivity index (χ3v) is 3.97. The molecule has 7 heteroatoms. The maximum absolute atomic E-state index is 12.0. The van der Waals surface area contributed by atoms with Gasteiger partial charge in [-0.25, -0.2) is 8.42 Å². The highest BCUT2D eigenvalue weighted by Crippen LogP contribution is 2.17. The molecule has 0 radical (unpaired) electrons. The predicted molar refractivity (Wildman–Crippen MR) is 59.3 cm³/mol. The lowest BCUT2D eigenvalue weighted by atomic mass is 10.2. The van der Waals surface area contributed by atoms with Gasteiger partial charge in [-0.3, -0.25) is 9.59 Å². The molecule has 0 aromatic heterocycles. The number of likely N-dealkylation sites (N-methyl/N-ethyl adjacent to an activating group) is 1. The van der Waals surface area contributed by atoms with Crippen LogP contribution in [-0.4, -0.2) is 43.7 Å². The zero-order valence-electron chi connectivity index (χ0n) is 9.03. The molecule has 0 fully saturated rings. The molecule has 0 unspecified atom stereocenters. The van der Waals surface area contributed by atoms with Crippen molar-refractivity contribution in [2.24, 2.45) is 0 Å². The Bertz CT molecular complexity index is 537. The molecule has 0 amide bonds. The Balaban J connectivity index is 3.21. The van der Waals surface area contributed by atoms with Crippen molar-refractivity contribution in [2.45, 2.75) is 4.90 Å². The lowest BCUT2D eigenvalue weighted by Crippen LogP contribution is -2.32. The second-order valence-corrected chi connectivity index (χ2v) is 5.32. The van der Waals surface area contributed by atoms with E-state index in [0.29, 0.717) is 10.6 Å². The zero-order chi connectivity index (χ0) is 13.1. The second kappa shape index (κ2) is 5.07. The number of carboxylic acid groups (broad SMARTS) is 1. The summed E-state index contributed by atoms with van der Waals surface area (Å²) in [7, 11) is -2.81. The van der Waals surface area contributed by atoms with Crippen LogP contribution < -0.4 is 0 Å². The number of rotatable bonds is 5. The highest BCUT2D eigenvalue weighted by Gasteiger charge is 2.24. The molecule has 0 aliphatic rings. The molecule has 0 aliphatic heterocycles. The summed E-state index contributed by atoms with van der Waals surface area (Å²) in [6, 6.07) is 5.61. The Morgan fingerprint density at radius 1 is 1.41 bits per heavy atom.